The smallest absolute Gasteiger partial charge is 0.460 e. The van der Waals surface area contributed by atoms with Crippen LogP contribution in [0.15, 0.2) is 24.3 Å². The van der Waals surface area contributed by atoms with Crippen molar-refractivity contribution in [1.82, 2.24) is 0 Å². The van der Waals surface area contributed by atoms with Crippen LogP contribution in [0.1, 0.15) is 24.8 Å². The summed E-state index contributed by atoms with van der Waals surface area (Å²) in [7, 11) is -7.44. The quantitative estimate of drug-likeness (QED) is 0.151. The van der Waals surface area contributed by atoms with E-state index in [0.29, 0.717) is 25.0 Å². The van der Waals surface area contributed by atoms with Crippen molar-refractivity contribution in [2.75, 3.05) is 13.1 Å². The van der Waals surface area contributed by atoms with Gasteiger partial charge in [0.1, 0.15) is 12.3 Å². The predicted molar refractivity (Wildman–Crippen MR) is 97.7 cm³/mol. The third-order valence-electron chi connectivity index (χ3n) is 5.45. The fourth-order valence-electron chi connectivity index (χ4n) is 3.32. The van der Waals surface area contributed by atoms with Gasteiger partial charge in [0, 0.05) is 5.56 Å². The third kappa shape index (κ3) is 5.17. The molecule has 1 aliphatic heterocycles. The van der Waals surface area contributed by atoms with E-state index in [0.717, 1.165) is 18.6 Å². The van der Waals surface area contributed by atoms with Crippen molar-refractivity contribution in [2.45, 2.75) is 60.9 Å². The van der Waals surface area contributed by atoms with Gasteiger partial charge in [-0.15, -0.1) is 0 Å². The largest absolute Gasteiger partial charge is 0.633 e. The minimum Gasteiger partial charge on any atom is -0.633 e. The standard InChI is InChI=1S/C18H16F13NO4S/c19-13(20,15(23,24)17(27,28)29)14(21,22)16(25,26)18(30,31)37(34,35)36-12-6-4-11(5-7-12)10-32(33)8-2-1-3-9-32/h4-7H,1-3,8-10H2. The van der Waals surface area contributed by atoms with Crippen molar-refractivity contribution in [3.63, 3.8) is 0 Å². The van der Waals surface area contributed by atoms with E-state index in [1.165, 1.54) is 0 Å². The Balaban J connectivity index is 2.34. The van der Waals surface area contributed by atoms with Crippen LogP contribution in [0.4, 0.5) is 57.1 Å². The minimum absolute atomic E-state index is 0.166. The number of halogens is 13. The van der Waals surface area contributed by atoms with Crippen LogP contribution in [0.5, 0.6) is 5.75 Å². The van der Waals surface area contributed by atoms with Gasteiger partial charge in [-0.05, 0) is 43.5 Å². The van der Waals surface area contributed by atoms with Crippen molar-refractivity contribution in [2.24, 2.45) is 0 Å². The van der Waals surface area contributed by atoms with E-state index in [1.807, 2.05) is 0 Å². The molecule has 0 saturated carbocycles. The lowest BCUT2D eigenvalue weighted by molar-refractivity contribution is -0.898. The maximum atomic E-state index is 14.0. The average Bonchev–Trinajstić information content (AvgIpc) is 2.73. The number of piperidine rings is 1. The fourth-order valence-corrected chi connectivity index (χ4v) is 4.23. The van der Waals surface area contributed by atoms with Gasteiger partial charge < -0.3 is 14.0 Å². The molecule has 37 heavy (non-hydrogen) atoms. The van der Waals surface area contributed by atoms with E-state index in [1.54, 1.807) is 0 Å². The van der Waals surface area contributed by atoms with Crippen LogP contribution in [0.2, 0.25) is 0 Å². The number of hydrogen-bond acceptors (Lipinski definition) is 4. The van der Waals surface area contributed by atoms with E-state index in [4.69, 9.17) is 0 Å². The van der Waals surface area contributed by atoms with Crippen LogP contribution in [-0.2, 0) is 16.7 Å². The lowest BCUT2D eigenvalue weighted by Crippen LogP contribution is -2.71. The Kier molecular flexibility index (Phi) is 7.86. The Morgan fingerprint density at radius 3 is 1.57 bits per heavy atom. The Labute approximate surface area is 200 Å². The first-order chi connectivity index (χ1) is 16.4. The highest BCUT2D eigenvalue weighted by Crippen LogP contribution is 2.61. The van der Waals surface area contributed by atoms with Crippen molar-refractivity contribution in [3.8, 4) is 5.75 Å². The lowest BCUT2D eigenvalue weighted by atomic mass is 9.98. The Hall–Kier alpha value is -2.02. The molecule has 0 aliphatic carbocycles. The molecule has 1 fully saturated rings. The number of alkyl halides is 13. The Morgan fingerprint density at radius 1 is 0.703 bits per heavy atom. The van der Waals surface area contributed by atoms with Gasteiger partial charge in [-0.1, -0.05) is 0 Å². The molecule has 0 N–H and O–H groups in total. The molecule has 0 unspecified atom stereocenters. The van der Waals surface area contributed by atoms with Crippen LogP contribution in [0.3, 0.4) is 0 Å². The maximum absolute atomic E-state index is 14.0. The van der Waals surface area contributed by atoms with Gasteiger partial charge in [0.25, 0.3) is 0 Å². The molecule has 1 saturated heterocycles. The number of likely N-dealkylation sites (tertiary alicyclic amines) is 1. The highest BCUT2D eigenvalue weighted by molar-refractivity contribution is 7.88. The summed E-state index contributed by atoms with van der Waals surface area (Å²) in [5.74, 6) is -33.8. The maximum Gasteiger partial charge on any atom is 0.460 e. The molecule has 2 rings (SSSR count). The highest BCUT2D eigenvalue weighted by Gasteiger charge is 2.93. The summed E-state index contributed by atoms with van der Waals surface area (Å²) in [6.45, 7) is 0.219. The van der Waals surface area contributed by atoms with Crippen LogP contribution in [0.25, 0.3) is 0 Å². The van der Waals surface area contributed by atoms with E-state index < -0.39 is 55.6 Å². The van der Waals surface area contributed by atoms with Crippen LogP contribution in [0, 0.1) is 5.21 Å². The van der Waals surface area contributed by atoms with Gasteiger partial charge in [-0.3, -0.25) is 0 Å². The normalized spacial score (nSPS) is 18.5. The second-order valence-electron chi connectivity index (χ2n) is 8.22. The molecular formula is C18H16F13NO4S. The third-order valence-corrected chi connectivity index (χ3v) is 6.75. The van der Waals surface area contributed by atoms with Crippen molar-refractivity contribution in [1.29, 1.82) is 0 Å². The number of nitrogens with zero attached hydrogens (tertiary/aromatic N) is 1. The van der Waals surface area contributed by atoms with E-state index in [2.05, 4.69) is 4.18 Å². The number of hydroxylamine groups is 3. The van der Waals surface area contributed by atoms with Crippen LogP contribution in [-0.4, -0.2) is 61.3 Å². The minimum atomic E-state index is -8.27. The van der Waals surface area contributed by atoms with E-state index in [-0.39, 0.29) is 25.2 Å². The van der Waals surface area contributed by atoms with Crippen molar-refractivity contribution < 1.29 is 74.3 Å². The monoisotopic (exact) mass is 589 g/mol. The molecule has 0 radical (unpaired) electrons. The molecule has 0 spiro atoms. The molecule has 1 aromatic rings. The summed E-state index contributed by atoms with van der Waals surface area (Å²) < 4.78 is 197. The topological polar surface area (TPSA) is 66.4 Å². The Morgan fingerprint density at radius 2 is 1.14 bits per heavy atom. The van der Waals surface area contributed by atoms with E-state index in [9.17, 15) is 70.7 Å². The van der Waals surface area contributed by atoms with Gasteiger partial charge in [-0.2, -0.15) is 65.5 Å². The van der Waals surface area contributed by atoms with Crippen LogP contribution < -0.4 is 4.18 Å². The van der Waals surface area contributed by atoms with Gasteiger partial charge in [0.05, 0.1) is 13.1 Å². The van der Waals surface area contributed by atoms with Gasteiger partial charge in [-0.25, -0.2) is 0 Å². The molecule has 1 aromatic carbocycles. The molecule has 5 nitrogen and oxygen atoms in total. The zero-order valence-corrected chi connectivity index (χ0v) is 18.8. The highest BCUT2D eigenvalue weighted by atomic mass is 32.2. The summed E-state index contributed by atoms with van der Waals surface area (Å²) in [5, 5.41) is 5.07. The molecule has 0 atom stereocenters. The van der Waals surface area contributed by atoms with E-state index >= 15 is 0 Å². The molecular weight excluding hydrogens is 573 g/mol. The summed E-state index contributed by atoms with van der Waals surface area (Å²) in [4.78, 5) is 0. The zero-order valence-electron chi connectivity index (χ0n) is 18.0. The summed E-state index contributed by atoms with van der Waals surface area (Å²) >= 11 is 0. The Bertz CT molecular complexity index is 1070. The van der Waals surface area contributed by atoms with Gasteiger partial charge in [0.2, 0.25) is 0 Å². The van der Waals surface area contributed by atoms with Gasteiger partial charge >= 0.3 is 45.2 Å². The molecule has 214 valence electrons. The molecule has 19 heteroatoms. The molecule has 0 amide bonds. The van der Waals surface area contributed by atoms with Crippen molar-refractivity contribution in [3.05, 3.63) is 35.0 Å². The van der Waals surface area contributed by atoms with Crippen molar-refractivity contribution >= 4 is 10.1 Å². The molecule has 1 aliphatic rings. The molecule has 0 bridgehead atoms. The number of benzene rings is 1. The number of rotatable bonds is 9. The first kappa shape index (κ1) is 31.2. The summed E-state index contributed by atoms with van der Waals surface area (Å²) in [6.07, 6.45) is -5.65. The number of hydrogen-bond donors (Lipinski definition) is 0. The molecule has 0 aromatic heterocycles. The zero-order chi connectivity index (χ0) is 28.9. The van der Waals surface area contributed by atoms with Gasteiger partial charge in [0.15, 0.2) is 0 Å². The summed E-state index contributed by atoms with van der Waals surface area (Å²) in [5.41, 5.74) is 0.166. The predicted octanol–water partition coefficient (Wildman–Crippen LogP) is 6.09. The second-order valence-corrected chi connectivity index (χ2v) is 9.81. The summed E-state index contributed by atoms with van der Waals surface area (Å²) in [6, 6.07) is 2.81. The second kappa shape index (κ2) is 9.32. The lowest BCUT2D eigenvalue weighted by Gasteiger charge is -2.45. The first-order valence-electron chi connectivity index (χ1n) is 9.92. The van der Waals surface area contributed by atoms with Crippen LogP contribution >= 0.6 is 0 Å². The molecule has 1 heterocycles. The average molecular weight is 589 g/mol. The SMILES string of the molecule is O=S(=O)(Oc1ccc(C[N+]2([O-])CCCCC2)cc1)C(F)(F)C(F)(F)C(F)(F)C(F)(F)C(F)(F)C(F)(F)F. The fraction of sp³-hybridized carbons (Fsp3) is 0.667. The first-order valence-corrected chi connectivity index (χ1v) is 11.3. The number of quaternary nitrogens is 1.